The molecule has 0 spiro atoms. The van der Waals surface area contributed by atoms with Crippen LogP contribution in [0.25, 0.3) is 11.2 Å². The standard InChI is InChI=1S/C21H23ClN5O6PS/c1-11(28)26-19-16-20(24-9-23-19)27(10-25-16)21-18(30)17(29)14(33-21)8-32-34-31-6-5-15(35-34)12-3-2-4-13(22)7-12/h2-4,7,9-10,14-15,17-18,21,29-30H,5-6,8H2,1H3,(H,23,24,26,28)/t14-,15?,17-,18-,21-,34?/m1/s1. The normalized spacial score (nSPS) is 28.9. The summed E-state index contributed by atoms with van der Waals surface area (Å²) in [5, 5.41) is 24.8. The Morgan fingerprint density at radius 3 is 3.00 bits per heavy atom. The van der Waals surface area contributed by atoms with E-state index in [0.717, 1.165) is 12.0 Å². The summed E-state index contributed by atoms with van der Waals surface area (Å²) in [7, 11) is -1.27. The van der Waals surface area contributed by atoms with E-state index in [1.807, 2.05) is 24.3 Å². The molecule has 2 saturated heterocycles. The molecule has 2 fully saturated rings. The molecule has 6 atom stereocenters. The molecule has 1 aromatic carbocycles. The number of hydrogen-bond acceptors (Lipinski definition) is 10. The molecular formula is C21H23ClN5O6PS. The molecule has 2 aromatic heterocycles. The molecule has 1 amide bonds. The van der Waals surface area contributed by atoms with Gasteiger partial charge in [0.05, 0.1) is 19.5 Å². The quantitative estimate of drug-likeness (QED) is 0.400. The van der Waals surface area contributed by atoms with Gasteiger partial charge >= 0.3 is 0 Å². The summed E-state index contributed by atoms with van der Waals surface area (Å²) in [5.41, 5.74) is 1.80. The number of carbonyl (C=O) groups is 1. The number of nitrogens with one attached hydrogen (secondary N) is 1. The van der Waals surface area contributed by atoms with Gasteiger partial charge in [-0.2, -0.15) is 0 Å². The lowest BCUT2D eigenvalue weighted by atomic mass is 10.1. The van der Waals surface area contributed by atoms with Crippen LogP contribution in [0, 0.1) is 0 Å². The Morgan fingerprint density at radius 2 is 2.20 bits per heavy atom. The fourth-order valence-corrected chi connectivity index (χ4v) is 7.62. The lowest BCUT2D eigenvalue weighted by Crippen LogP contribution is -2.33. The van der Waals surface area contributed by atoms with E-state index in [4.69, 9.17) is 25.4 Å². The number of nitrogens with zero attached hydrogens (tertiary/aromatic N) is 4. The van der Waals surface area contributed by atoms with Gasteiger partial charge in [0.2, 0.25) is 13.5 Å². The van der Waals surface area contributed by atoms with Crippen molar-refractivity contribution in [3.05, 3.63) is 47.5 Å². The molecule has 0 bridgehead atoms. The topological polar surface area (TPSA) is 141 Å². The number of aliphatic hydroxyl groups excluding tert-OH is 2. The van der Waals surface area contributed by atoms with Crippen LogP contribution in [0.3, 0.4) is 0 Å². The Morgan fingerprint density at radius 1 is 1.34 bits per heavy atom. The lowest BCUT2D eigenvalue weighted by molar-refractivity contribution is -0.114. The predicted octanol–water partition coefficient (Wildman–Crippen LogP) is 3.20. The van der Waals surface area contributed by atoms with Gasteiger partial charge in [0.15, 0.2) is 23.2 Å². The minimum atomic E-state index is -1.27. The number of amides is 1. The first-order valence-electron chi connectivity index (χ1n) is 10.9. The molecule has 0 aliphatic carbocycles. The van der Waals surface area contributed by atoms with Crippen molar-refractivity contribution in [2.75, 3.05) is 18.5 Å². The Bertz CT molecular complexity index is 1220. The van der Waals surface area contributed by atoms with Gasteiger partial charge in [-0.25, -0.2) is 15.0 Å². The van der Waals surface area contributed by atoms with E-state index in [-0.39, 0.29) is 23.6 Å². The fourth-order valence-electron chi connectivity index (χ4n) is 3.95. The van der Waals surface area contributed by atoms with Crippen LogP contribution in [0.15, 0.2) is 36.9 Å². The Balaban J connectivity index is 1.25. The first kappa shape index (κ1) is 24.8. The zero-order valence-electron chi connectivity index (χ0n) is 18.5. The van der Waals surface area contributed by atoms with Crippen LogP contribution >= 0.6 is 30.6 Å². The number of halogens is 1. The maximum atomic E-state index is 11.4. The monoisotopic (exact) mass is 539 g/mol. The van der Waals surface area contributed by atoms with Gasteiger partial charge in [0.1, 0.15) is 24.6 Å². The van der Waals surface area contributed by atoms with Crippen LogP contribution in [0.5, 0.6) is 0 Å². The molecule has 0 radical (unpaired) electrons. The molecule has 2 unspecified atom stereocenters. The van der Waals surface area contributed by atoms with Crippen molar-refractivity contribution in [3.63, 3.8) is 0 Å². The highest BCUT2D eigenvalue weighted by Gasteiger charge is 2.45. The summed E-state index contributed by atoms with van der Waals surface area (Å²) in [6.07, 6.45) is -0.630. The first-order valence-corrected chi connectivity index (χ1v) is 13.9. The van der Waals surface area contributed by atoms with E-state index in [2.05, 4.69) is 20.3 Å². The minimum Gasteiger partial charge on any atom is -0.387 e. The maximum absolute atomic E-state index is 11.4. The molecule has 3 aromatic rings. The Kier molecular flexibility index (Phi) is 7.52. The molecule has 35 heavy (non-hydrogen) atoms. The summed E-state index contributed by atoms with van der Waals surface area (Å²) >= 11 is 7.71. The van der Waals surface area contributed by atoms with Crippen LogP contribution < -0.4 is 5.32 Å². The van der Waals surface area contributed by atoms with Crippen molar-refractivity contribution in [2.24, 2.45) is 0 Å². The van der Waals surface area contributed by atoms with E-state index in [1.54, 1.807) is 11.4 Å². The molecule has 4 heterocycles. The number of hydrogen-bond donors (Lipinski definition) is 3. The molecule has 2 aliphatic rings. The number of fused-ring (bicyclic) bond motifs is 1. The SMILES string of the molecule is CC(=O)Nc1ncnc2c1ncn2[C@@H]1O[C@H](COP2OCCC(c3cccc(Cl)c3)S2)[C@@H](O)[C@H]1O. The third kappa shape index (κ3) is 5.30. The van der Waals surface area contributed by atoms with Crippen LogP contribution in [0.1, 0.15) is 30.4 Å². The molecule has 186 valence electrons. The second kappa shape index (κ2) is 10.6. The number of carbonyl (C=O) groups excluding carboxylic acids is 1. The van der Waals surface area contributed by atoms with Crippen molar-refractivity contribution in [2.45, 2.75) is 43.1 Å². The van der Waals surface area contributed by atoms with Crippen molar-refractivity contribution >= 4 is 53.4 Å². The van der Waals surface area contributed by atoms with Crippen LogP contribution in [-0.2, 0) is 18.6 Å². The van der Waals surface area contributed by atoms with Gasteiger partial charge in [-0.3, -0.25) is 9.36 Å². The molecule has 2 aliphatic heterocycles. The Labute approximate surface area is 210 Å². The van der Waals surface area contributed by atoms with Gasteiger partial charge in [0, 0.05) is 17.2 Å². The third-order valence-corrected chi connectivity index (χ3v) is 9.45. The second-order valence-electron chi connectivity index (χ2n) is 8.06. The lowest BCUT2D eigenvalue weighted by Gasteiger charge is -2.28. The average Bonchev–Trinajstić information content (AvgIpc) is 3.39. The smallest absolute Gasteiger partial charge is 0.238 e. The Hall–Kier alpha value is -1.89. The molecule has 14 heteroatoms. The number of ether oxygens (including phenoxy) is 1. The molecule has 3 N–H and O–H groups in total. The van der Waals surface area contributed by atoms with Crippen molar-refractivity contribution < 1.29 is 28.8 Å². The van der Waals surface area contributed by atoms with Gasteiger partial charge in [-0.1, -0.05) is 35.1 Å². The van der Waals surface area contributed by atoms with E-state index >= 15 is 0 Å². The molecular weight excluding hydrogens is 517 g/mol. The highest BCUT2D eigenvalue weighted by atomic mass is 35.5. The number of anilines is 1. The molecule has 5 rings (SSSR count). The third-order valence-electron chi connectivity index (χ3n) is 5.62. The number of rotatable bonds is 6. The van der Waals surface area contributed by atoms with E-state index in [0.29, 0.717) is 22.8 Å². The van der Waals surface area contributed by atoms with Gasteiger partial charge in [-0.15, -0.1) is 0 Å². The van der Waals surface area contributed by atoms with Gasteiger partial charge in [-0.05, 0) is 24.1 Å². The van der Waals surface area contributed by atoms with E-state index < -0.39 is 32.1 Å². The number of aliphatic hydroxyl groups is 2. The largest absolute Gasteiger partial charge is 0.387 e. The average molecular weight is 540 g/mol. The minimum absolute atomic E-state index is 0.0362. The van der Waals surface area contributed by atoms with Gasteiger partial charge < -0.3 is 29.3 Å². The zero-order valence-corrected chi connectivity index (χ0v) is 21.0. The van der Waals surface area contributed by atoms with Crippen molar-refractivity contribution in [1.82, 2.24) is 19.5 Å². The summed E-state index contributed by atoms with van der Waals surface area (Å²) in [4.78, 5) is 23.9. The summed E-state index contributed by atoms with van der Waals surface area (Å²) in [5.74, 6) is -0.0515. The van der Waals surface area contributed by atoms with Crippen LogP contribution in [0.4, 0.5) is 5.82 Å². The maximum Gasteiger partial charge on any atom is 0.238 e. The van der Waals surface area contributed by atoms with Crippen molar-refractivity contribution in [3.8, 4) is 0 Å². The van der Waals surface area contributed by atoms with Crippen molar-refractivity contribution in [1.29, 1.82) is 0 Å². The zero-order chi connectivity index (χ0) is 24.5. The van der Waals surface area contributed by atoms with Crippen LogP contribution in [0.2, 0.25) is 5.02 Å². The number of imidazole rings is 1. The van der Waals surface area contributed by atoms with Crippen LogP contribution in [-0.4, -0.2) is 67.2 Å². The van der Waals surface area contributed by atoms with E-state index in [1.165, 1.54) is 24.1 Å². The fraction of sp³-hybridized carbons (Fsp3) is 0.429. The summed E-state index contributed by atoms with van der Waals surface area (Å²) < 4.78 is 19.2. The highest BCUT2D eigenvalue weighted by molar-refractivity contribution is 8.53. The number of aromatic nitrogens is 4. The first-order chi connectivity index (χ1) is 16.9. The summed E-state index contributed by atoms with van der Waals surface area (Å²) in [6, 6.07) is 7.73. The van der Waals surface area contributed by atoms with E-state index in [9.17, 15) is 15.0 Å². The highest BCUT2D eigenvalue weighted by Crippen LogP contribution is 2.62. The molecule has 0 saturated carbocycles. The molecule has 11 nitrogen and oxygen atoms in total. The second-order valence-corrected chi connectivity index (χ2v) is 11.8. The van der Waals surface area contributed by atoms with Gasteiger partial charge in [0.25, 0.3) is 0 Å². The summed E-state index contributed by atoms with van der Waals surface area (Å²) in [6.45, 7) is 1.95. The predicted molar refractivity (Wildman–Crippen MR) is 131 cm³/mol. The number of benzene rings is 1.